The zero-order chi connectivity index (χ0) is 13.1. The molecule has 100 valence electrons. The van der Waals surface area contributed by atoms with Crippen LogP contribution in [-0.2, 0) is 4.74 Å². The molecule has 2 N–H and O–H groups in total. The molecule has 0 spiro atoms. The van der Waals surface area contributed by atoms with Gasteiger partial charge in [-0.15, -0.1) is 0 Å². The van der Waals surface area contributed by atoms with E-state index in [2.05, 4.69) is 39.0 Å². The molecular formula is C14H21BrN2O. The van der Waals surface area contributed by atoms with E-state index in [4.69, 9.17) is 10.5 Å². The Morgan fingerprint density at radius 2 is 2.06 bits per heavy atom. The first kappa shape index (κ1) is 13.8. The van der Waals surface area contributed by atoms with Gasteiger partial charge in [0.15, 0.2) is 0 Å². The molecule has 0 saturated carbocycles. The molecule has 1 aromatic carbocycles. The zero-order valence-electron chi connectivity index (χ0n) is 11.0. The summed E-state index contributed by atoms with van der Waals surface area (Å²) in [5, 5.41) is 0. The Balaban J connectivity index is 2.08. The number of anilines is 1. The fourth-order valence-electron chi connectivity index (χ4n) is 2.43. The highest BCUT2D eigenvalue weighted by Gasteiger charge is 2.19. The van der Waals surface area contributed by atoms with Crippen molar-refractivity contribution in [3.8, 4) is 0 Å². The van der Waals surface area contributed by atoms with Crippen LogP contribution in [0.25, 0.3) is 0 Å². The molecule has 1 saturated heterocycles. The molecule has 1 aromatic rings. The van der Waals surface area contributed by atoms with Gasteiger partial charge in [0.05, 0.1) is 6.10 Å². The second-order valence-electron chi connectivity index (χ2n) is 4.92. The van der Waals surface area contributed by atoms with Crippen LogP contribution in [0.15, 0.2) is 22.7 Å². The minimum absolute atomic E-state index is 0.0626. The smallest absolute Gasteiger partial charge is 0.0605 e. The number of halogens is 1. The first-order valence-electron chi connectivity index (χ1n) is 6.44. The number of nitrogens with two attached hydrogens (primary N) is 1. The monoisotopic (exact) mass is 312 g/mol. The SMILES string of the molecule is COC1CCN(c2ccc([C@@H](C)N)c(Br)c2)CC1. The van der Waals surface area contributed by atoms with E-state index in [1.54, 1.807) is 7.11 Å². The summed E-state index contributed by atoms with van der Waals surface area (Å²) >= 11 is 3.61. The minimum Gasteiger partial charge on any atom is -0.381 e. The average Bonchev–Trinajstić information content (AvgIpc) is 2.38. The first-order chi connectivity index (χ1) is 8.61. The topological polar surface area (TPSA) is 38.5 Å². The number of methoxy groups -OCH3 is 1. The number of piperidine rings is 1. The molecule has 1 fully saturated rings. The van der Waals surface area contributed by atoms with Gasteiger partial charge >= 0.3 is 0 Å². The lowest BCUT2D eigenvalue weighted by Crippen LogP contribution is -2.36. The molecule has 0 radical (unpaired) electrons. The van der Waals surface area contributed by atoms with Crippen molar-refractivity contribution in [1.82, 2.24) is 0 Å². The Morgan fingerprint density at radius 1 is 1.39 bits per heavy atom. The first-order valence-corrected chi connectivity index (χ1v) is 7.24. The van der Waals surface area contributed by atoms with Crippen molar-refractivity contribution in [3.05, 3.63) is 28.2 Å². The highest BCUT2D eigenvalue weighted by Crippen LogP contribution is 2.29. The van der Waals surface area contributed by atoms with Crippen LogP contribution in [0.4, 0.5) is 5.69 Å². The summed E-state index contributed by atoms with van der Waals surface area (Å²) < 4.78 is 6.50. The summed E-state index contributed by atoms with van der Waals surface area (Å²) in [4.78, 5) is 2.41. The standard InChI is InChI=1S/C14H21BrN2O/c1-10(16)13-4-3-11(9-14(13)15)17-7-5-12(18-2)6-8-17/h3-4,9-10,12H,5-8,16H2,1-2H3/t10-/m1/s1. The average molecular weight is 313 g/mol. The molecule has 1 aliphatic heterocycles. The fourth-order valence-corrected chi connectivity index (χ4v) is 3.16. The van der Waals surface area contributed by atoms with Crippen LogP contribution in [0.3, 0.4) is 0 Å². The molecule has 0 bridgehead atoms. The Hall–Kier alpha value is -0.580. The predicted molar refractivity (Wildman–Crippen MR) is 79.0 cm³/mol. The number of benzene rings is 1. The maximum absolute atomic E-state index is 5.92. The summed E-state index contributed by atoms with van der Waals surface area (Å²) in [7, 11) is 1.80. The van der Waals surface area contributed by atoms with Gasteiger partial charge in [0.2, 0.25) is 0 Å². The van der Waals surface area contributed by atoms with Gasteiger partial charge in [0.1, 0.15) is 0 Å². The lowest BCUT2D eigenvalue weighted by Gasteiger charge is -2.33. The third-order valence-corrected chi connectivity index (χ3v) is 4.30. The second kappa shape index (κ2) is 6.04. The van der Waals surface area contributed by atoms with Crippen molar-refractivity contribution in [2.24, 2.45) is 5.73 Å². The Bertz CT molecular complexity index is 401. The molecule has 0 aliphatic carbocycles. The summed E-state index contributed by atoms with van der Waals surface area (Å²) in [6.07, 6.45) is 2.62. The highest BCUT2D eigenvalue weighted by atomic mass is 79.9. The summed E-state index contributed by atoms with van der Waals surface area (Å²) in [5.74, 6) is 0. The van der Waals surface area contributed by atoms with Crippen molar-refractivity contribution in [2.45, 2.75) is 31.9 Å². The van der Waals surface area contributed by atoms with Crippen LogP contribution in [0.5, 0.6) is 0 Å². The number of ether oxygens (including phenoxy) is 1. The second-order valence-corrected chi connectivity index (χ2v) is 5.77. The third kappa shape index (κ3) is 3.05. The zero-order valence-corrected chi connectivity index (χ0v) is 12.6. The normalized spacial score (nSPS) is 19.0. The van der Waals surface area contributed by atoms with Gasteiger partial charge in [-0.3, -0.25) is 0 Å². The molecule has 0 aromatic heterocycles. The fraction of sp³-hybridized carbons (Fsp3) is 0.571. The van der Waals surface area contributed by atoms with Crippen LogP contribution in [-0.4, -0.2) is 26.3 Å². The van der Waals surface area contributed by atoms with Crippen molar-refractivity contribution in [2.75, 3.05) is 25.1 Å². The molecule has 1 atom stereocenters. The number of nitrogens with zero attached hydrogens (tertiary/aromatic N) is 1. The summed E-state index contributed by atoms with van der Waals surface area (Å²) in [6.45, 7) is 4.12. The number of hydrogen-bond acceptors (Lipinski definition) is 3. The van der Waals surface area contributed by atoms with E-state index >= 15 is 0 Å². The molecule has 4 heteroatoms. The molecule has 2 rings (SSSR count). The minimum atomic E-state index is 0.0626. The Kier molecular flexibility index (Phi) is 4.65. The predicted octanol–water partition coefficient (Wildman–Crippen LogP) is 3.08. The van der Waals surface area contributed by atoms with Crippen molar-refractivity contribution < 1.29 is 4.74 Å². The molecule has 1 heterocycles. The van der Waals surface area contributed by atoms with Crippen molar-refractivity contribution in [1.29, 1.82) is 0 Å². The van der Waals surface area contributed by atoms with E-state index in [1.165, 1.54) is 5.69 Å². The van der Waals surface area contributed by atoms with Crippen LogP contribution in [0, 0.1) is 0 Å². The van der Waals surface area contributed by atoms with Crippen molar-refractivity contribution in [3.63, 3.8) is 0 Å². The molecular weight excluding hydrogens is 292 g/mol. The summed E-state index contributed by atoms with van der Waals surface area (Å²) in [6, 6.07) is 6.52. The van der Waals surface area contributed by atoms with Gasteiger partial charge in [-0.05, 0) is 37.5 Å². The third-order valence-electron chi connectivity index (χ3n) is 3.62. The van der Waals surface area contributed by atoms with Crippen LogP contribution < -0.4 is 10.6 Å². The quantitative estimate of drug-likeness (QED) is 0.932. The maximum atomic E-state index is 5.92. The van der Waals surface area contributed by atoms with Crippen LogP contribution in [0.1, 0.15) is 31.4 Å². The van der Waals surface area contributed by atoms with Gasteiger partial charge in [-0.1, -0.05) is 22.0 Å². The molecule has 18 heavy (non-hydrogen) atoms. The van der Waals surface area contributed by atoms with Crippen LogP contribution in [0.2, 0.25) is 0 Å². The van der Waals surface area contributed by atoms with Gasteiger partial charge < -0.3 is 15.4 Å². The summed E-state index contributed by atoms with van der Waals surface area (Å²) in [5.41, 5.74) is 8.34. The van der Waals surface area contributed by atoms with Gasteiger partial charge in [0.25, 0.3) is 0 Å². The Labute approximate surface area is 117 Å². The largest absolute Gasteiger partial charge is 0.381 e. The van der Waals surface area contributed by atoms with E-state index < -0.39 is 0 Å². The van der Waals surface area contributed by atoms with Gasteiger partial charge in [-0.2, -0.15) is 0 Å². The highest BCUT2D eigenvalue weighted by molar-refractivity contribution is 9.10. The molecule has 0 amide bonds. The molecule has 1 aliphatic rings. The maximum Gasteiger partial charge on any atom is 0.0605 e. The number of rotatable bonds is 3. The molecule has 3 nitrogen and oxygen atoms in total. The van der Waals surface area contributed by atoms with Gasteiger partial charge in [0, 0.05) is 36.4 Å². The Morgan fingerprint density at radius 3 is 2.56 bits per heavy atom. The van der Waals surface area contributed by atoms with E-state index in [9.17, 15) is 0 Å². The van der Waals surface area contributed by atoms with E-state index in [-0.39, 0.29) is 6.04 Å². The number of hydrogen-bond donors (Lipinski definition) is 1. The van der Waals surface area contributed by atoms with E-state index in [1.807, 2.05) is 6.92 Å². The van der Waals surface area contributed by atoms with Crippen molar-refractivity contribution >= 4 is 21.6 Å². The van der Waals surface area contributed by atoms with E-state index in [0.717, 1.165) is 36.0 Å². The van der Waals surface area contributed by atoms with Crippen LogP contribution >= 0.6 is 15.9 Å². The molecule has 0 unspecified atom stereocenters. The lowest BCUT2D eigenvalue weighted by atomic mass is 10.1. The van der Waals surface area contributed by atoms with E-state index in [0.29, 0.717) is 6.10 Å². The lowest BCUT2D eigenvalue weighted by molar-refractivity contribution is 0.0819. The van der Waals surface area contributed by atoms with Gasteiger partial charge in [-0.25, -0.2) is 0 Å².